The molecule has 0 aromatic heterocycles. The van der Waals surface area contributed by atoms with Crippen molar-refractivity contribution in [2.75, 3.05) is 0 Å². The van der Waals surface area contributed by atoms with E-state index in [1.54, 1.807) is 0 Å². The lowest BCUT2D eigenvalue weighted by Gasteiger charge is -1.91. The van der Waals surface area contributed by atoms with Crippen molar-refractivity contribution in [3.63, 3.8) is 0 Å². The van der Waals surface area contributed by atoms with Crippen LogP contribution in [-0.4, -0.2) is 0 Å². The van der Waals surface area contributed by atoms with Gasteiger partial charge in [0.2, 0.25) is 0 Å². The SMILES string of the molecule is [CH2]c1cc(F)cc(F)c1. The van der Waals surface area contributed by atoms with Crippen LogP contribution in [-0.2, 0) is 0 Å². The van der Waals surface area contributed by atoms with Crippen LogP contribution >= 0.6 is 0 Å². The van der Waals surface area contributed by atoms with Crippen molar-refractivity contribution >= 4 is 0 Å². The van der Waals surface area contributed by atoms with Crippen LogP contribution < -0.4 is 0 Å². The van der Waals surface area contributed by atoms with Gasteiger partial charge >= 0.3 is 0 Å². The standard InChI is InChI=1S/C7H5F2/c1-5-2-6(8)4-7(9)3-5/h2-4H,1H2. The first-order valence-corrected chi connectivity index (χ1v) is 2.46. The smallest absolute Gasteiger partial charge is 0.126 e. The average molecular weight is 127 g/mol. The Morgan fingerprint density at radius 2 is 1.44 bits per heavy atom. The highest BCUT2D eigenvalue weighted by Gasteiger charge is 1.93. The van der Waals surface area contributed by atoms with Gasteiger partial charge < -0.3 is 0 Å². The number of hydrogen-bond donors (Lipinski definition) is 0. The second-order valence-electron chi connectivity index (χ2n) is 1.78. The Morgan fingerprint density at radius 1 is 1.00 bits per heavy atom. The summed E-state index contributed by atoms with van der Waals surface area (Å²) in [6, 6.07) is 3.15. The average Bonchev–Trinajstić information content (AvgIpc) is 1.59. The van der Waals surface area contributed by atoms with Crippen LogP contribution in [0.3, 0.4) is 0 Å². The molecule has 47 valence electrons. The summed E-state index contributed by atoms with van der Waals surface area (Å²) in [7, 11) is 0. The molecule has 0 atom stereocenters. The molecule has 0 aliphatic rings. The van der Waals surface area contributed by atoms with Crippen LogP contribution in [0.15, 0.2) is 18.2 Å². The highest BCUT2D eigenvalue weighted by Crippen LogP contribution is 2.05. The summed E-state index contributed by atoms with van der Waals surface area (Å²) < 4.78 is 24.3. The van der Waals surface area contributed by atoms with E-state index in [9.17, 15) is 8.78 Å². The van der Waals surface area contributed by atoms with Gasteiger partial charge in [-0.05, 0) is 24.6 Å². The van der Waals surface area contributed by atoms with Crippen LogP contribution in [0, 0.1) is 18.6 Å². The molecule has 0 spiro atoms. The normalized spacial score (nSPS) is 9.67. The van der Waals surface area contributed by atoms with Crippen molar-refractivity contribution in [3.05, 3.63) is 42.3 Å². The van der Waals surface area contributed by atoms with Gasteiger partial charge in [0.25, 0.3) is 0 Å². The molecule has 1 aromatic rings. The van der Waals surface area contributed by atoms with E-state index < -0.39 is 11.6 Å². The monoisotopic (exact) mass is 127 g/mol. The molecule has 1 radical (unpaired) electrons. The topological polar surface area (TPSA) is 0 Å². The van der Waals surface area contributed by atoms with Crippen LogP contribution in [0.4, 0.5) is 8.78 Å². The molecule has 0 aliphatic carbocycles. The van der Waals surface area contributed by atoms with Crippen LogP contribution in [0.2, 0.25) is 0 Å². The van der Waals surface area contributed by atoms with Gasteiger partial charge in [-0.1, -0.05) is 0 Å². The Labute approximate surface area is 52.1 Å². The van der Waals surface area contributed by atoms with Crippen LogP contribution in [0.1, 0.15) is 5.56 Å². The Bertz CT molecular complexity index is 168. The Morgan fingerprint density at radius 3 is 1.78 bits per heavy atom. The lowest BCUT2D eigenvalue weighted by molar-refractivity contribution is 0.582. The lowest BCUT2D eigenvalue weighted by atomic mass is 10.2. The minimum absolute atomic E-state index is 0.354. The van der Waals surface area contributed by atoms with Gasteiger partial charge in [0.1, 0.15) is 11.6 Å². The van der Waals surface area contributed by atoms with E-state index in [2.05, 4.69) is 6.92 Å². The summed E-state index contributed by atoms with van der Waals surface area (Å²) in [6.45, 7) is 3.36. The fourth-order valence-electron chi connectivity index (χ4n) is 0.611. The second-order valence-corrected chi connectivity index (χ2v) is 1.78. The second kappa shape index (κ2) is 2.13. The first-order chi connectivity index (χ1) is 4.18. The fraction of sp³-hybridized carbons (Fsp3) is 0. The third-order valence-electron chi connectivity index (χ3n) is 0.922. The van der Waals surface area contributed by atoms with Gasteiger partial charge in [-0.15, -0.1) is 0 Å². The summed E-state index contributed by atoms with van der Waals surface area (Å²) in [5.74, 6) is -1.17. The van der Waals surface area contributed by atoms with Crippen LogP contribution in [0.5, 0.6) is 0 Å². The van der Waals surface area contributed by atoms with E-state index in [1.807, 2.05) is 0 Å². The van der Waals surface area contributed by atoms with Crippen molar-refractivity contribution in [3.8, 4) is 0 Å². The van der Waals surface area contributed by atoms with E-state index in [4.69, 9.17) is 0 Å². The maximum Gasteiger partial charge on any atom is 0.126 e. The van der Waals surface area contributed by atoms with E-state index in [-0.39, 0.29) is 0 Å². The summed E-state index contributed by atoms with van der Waals surface area (Å²) in [5, 5.41) is 0. The zero-order valence-electron chi connectivity index (χ0n) is 4.70. The molecule has 0 N–H and O–H groups in total. The lowest BCUT2D eigenvalue weighted by Crippen LogP contribution is -1.80. The number of hydrogen-bond acceptors (Lipinski definition) is 0. The molecule has 0 saturated heterocycles. The number of benzene rings is 1. The number of halogens is 2. The molecule has 0 unspecified atom stereocenters. The van der Waals surface area contributed by atoms with Crippen molar-refractivity contribution < 1.29 is 8.78 Å². The molecule has 1 aromatic carbocycles. The molecule has 0 aliphatic heterocycles. The highest BCUT2D eigenvalue weighted by molar-refractivity contribution is 5.19. The molecule has 1 rings (SSSR count). The summed E-state index contributed by atoms with van der Waals surface area (Å²) in [6.07, 6.45) is 0. The predicted octanol–water partition coefficient (Wildman–Crippen LogP) is 2.15. The minimum Gasteiger partial charge on any atom is -0.207 e. The van der Waals surface area contributed by atoms with E-state index >= 15 is 0 Å². The molecular formula is C7H5F2. The summed E-state index contributed by atoms with van der Waals surface area (Å²) in [5.41, 5.74) is 0.354. The Balaban J connectivity index is 3.17. The molecule has 0 nitrogen and oxygen atoms in total. The Hall–Kier alpha value is -0.920. The van der Waals surface area contributed by atoms with Gasteiger partial charge in [-0.25, -0.2) is 8.78 Å². The Kier molecular flexibility index (Phi) is 1.47. The predicted molar refractivity (Wildman–Crippen MR) is 30.8 cm³/mol. The summed E-state index contributed by atoms with van der Waals surface area (Å²) >= 11 is 0. The zero-order valence-corrected chi connectivity index (χ0v) is 4.70. The number of rotatable bonds is 0. The largest absolute Gasteiger partial charge is 0.207 e. The molecule has 9 heavy (non-hydrogen) atoms. The minimum atomic E-state index is -0.583. The van der Waals surface area contributed by atoms with Crippen molar-refractivity contribution in [1.29, 1.82) is 0 Å². The third kappa shape index (κ3) is 1.49. The van der Waals surface area contributed by atoms with Crippen molar-refractivity contribution in [2.45, 2.75) is 0 Å². The van der Waals surface area contributed by atoms with E-state index in [1.165, 1.54) is 12.1 Å². The van der Waals surface area contributed by atoms with Gasteiger partial charge in [0, 0.05) is 6.07 Å². The zero-order chi connectivity index (χ0) is 6.85. The molecule has 2 heteroatoms. The molecule has 0 fully saturated rings. The van der Waals surface area contributed by atoms with Gasteiger partial charge in [-0.2, -0.15) is 0 Å². The molecule has 0 heterocycles. The maximum atomic E-state index is 12.1. The fourth-order valence-corrected chi connectivity index (χ4v) is 0.611. The molecule has 0 bridgehead atoms. The van der Waals surface area contributed by atoms with E-state index in [0.717, 1.165) is 6.07 Å². The first-order valence-electron chi connectivity index (χ1n) is 2.46. The third-order valence-corrected chi connectivity index (χ3v) is 0.922. The molecule has 0 saturated carbocycles. The maximum absolute atomic E-state index is 12.1. The van der Waals surface area contributed by atoms with Crippen LogP contribution in [0.25, 0.3) is 0 Å². The van der Waals surface area contributed by atoms with Crippen molar-refractivity contribution in [1.82, 2.24) is 0 Å². The quantitative estimate of drug-likeness (QED) is 0.501. The first kappa shape index (κ1) is 6.20. The molecular weight excluding hydrogens is 122 g/mol. The highest BCUT2D eigenvalue weighted by atomic mass is 19.1. The van der Waals surface area contributed by atoms with E-state index in [0.29, 0.717) is 5.56 Å². The van der Waals surface area contributed by atoms with Gasteiger partial charge in [0.15, 0.2) is 0 Å². The summed E-state index contributed by atoms with van der Waals surface area (Å²) in [4.78, 5) is 0. The van der Waals surface area contributed by atoms with Crippen molar-refractivity contribution in [2.24, 2.45) is 0 Å². The van der Waals surface area contributed by atoms with Gasteiger partial charge in [0.05, 0.1) is 0 Å². The molecule has 0 amide bonds. The van der Waals surface area contributed by atoms with Gasteiger partial charge in [-0.3, -0.25) is 0 Å².